The molecule has 1 aliphatic heterocycles. The normalized spacial score (nSPS) is 20.6. The second-order valence-corrected chi connectivity index (χ2v) is 7.16. The summed E-state index contributed by atoms with van der Waals surface area (Å²) in [5, 5.41) is 9.11. The second-order valence-electron chi connectivity index (χ2n) is 5.01. The maximum atomic E-state index is 9.11. The Bertz CT molecular complexity index is 648. The van der Waals surface area contributed by atoms with Gasteiger partial charge in [0.15, 0.2) is 0 Å². The molecule has 1 aliphatic rings. The van der Waals surface area contributed by atoms with Crippen LogP contribution in [0.15, 0.2) is 48.5 Å². The molecular formula is C17H15NOSe. The number of aryl methyl sites for hydroxylation is 1. The van der Waals surface area contributed by atoms with Gasteiger partial charge in [0.2, 0.25) is 0 Å². The number of ether oxygens (including phenoxy) is 1. The first kappa shape index (κ1) is 13.2. The van der Waals surface area contributed by atoms with Gasteiger partial charge in [0.1, 0.15) is 0 Å². The van der Waals surface area contributed by atoms with Crippen molar-refractivity contribution in [3.05, 3.63) is 65.2 Å². The van der Waals surface area contributed by atoms with Gasteiger partial charge in [-0.2, -0.15) is 0 Å². The Kier molecular flexibility index (Phi) is 3.78. The van der Waals surface area contributed by atoms with E-state index in [1.165, 1.54) is 16.7 Å². The molecule has 0 fully saturated rings. The average Bonchev–Trinajstić information content (AvgIpc) is 2.48. The summed E-state index contributed by atoms with van der Waals surface area (Å²) in [6.07, 6.45) is 0.940. The predicted octanol–water partition coefficient (Wildman–Crippen LogP) is 3.65. The summed E-state index contributed by atoms with van der Waals surface area (Å²) in [6, 6.07) is 16.5. The summed E-state index contributed by atoms with van der Waals surface area (Å²) >= 11 is -0.0675. The summed E-state index contributed by atoms with van der Waals surface area (Å²) in [5.41, 5.74) is 3.65. The zero-order valence-corrected chi connectivity index (χ0v) is 13.0. The Balaban J connectivity index is 1.97. The van der Waals surface area contributed by atoms with Crippen LogP contribution in [0.3, 0.4) is 0 Å². The van der Waals surface area contributed by atoms with Gasteiger partial charge in [-0.15, -0.1) is 0 Å². The minimum absolute atomic E-state index is 0.00561. The molecule has 0 bridgehead atoms. The Morgan fingerprint density at radius 3 is 2.75 bits per heavy atom. The van der Waals surface area contributed by atoms with Crippen molar-refractivity contribution in [1.29, 1.82) is 5.26 Å². The number of hydrogen-bond acceptors (Lipinski definition) is 2. The van der Waals surface area contributed by atoms with E-state index in [9.17, 15) is 0 Å². The fourth-order valence-electron chi connectivity index (χ4n) is 2.62. The molecule has 100 valence electrons. The van der Waals surface area contributed by atoms with Crippen molar-refractivity contribution in [2.45, 2.75) is 24.3 Å². The Hall–Kier alpha value is -1.75. The third kappa shape index (κ3) is 2.58. The number of hydrogen-bond donors (Lipinski definition) is 0. The van der Waals surface area contributed by atoms with Crippen molar-refractivity contribution in [3.63, 3.8) is 0 Å². The van der Waals surface area contributed by atoms with Gasteiger partial charge in [0.05, 0.1) is 0 Å². The van der Waals surface area contributed by atoms with Crippen LogP contribution in [0.4, 0.5) is 0 Å². The molecule has 0 saturated heterocycles. The molecule has 3 heteroatoms. The number of benzene rings is 2. The molecule has 3 rings (SSSR count). The first-order valence-electron chi connectivity index (χ1n) is 6.64. The van der Waals surface area contributed by atoms with Gasteiger partial charge in [-0.1, -0.05) is 0 Å². The number of fused-ring (bicyclic) bond motifs is 1. The van der Waals surface area contributed by atoms with Gasteiger partial charge in [-0.3, -0.25) is 0 Å². The first-order chi connectivity index (χ1) is 9.78. The third-order valence-corrected chi connectivity index (χ3v) is 5.29. The van der Waals surface area contributed by atoms with Gasteiger partial charge in [-0.05, 0) is 0 Å². The van der Waals surface area contributed by atoms with Crippen LogP contribution in [0, 0.1) is 17.2 Å². The van der Waals surface area contributed by atoms with E-state index in [4.69, 9.17) is 10.00 Å². The van der Waals surface area contributed by atoms with Crippen LogP contribution in [-0.4, -0.2) is 15.0 Å². The third-order valence-electron chi connectivity index (χ3n) is 3.56. The zero-order valence-electron chi connectivity index (χ0n) is 11.2. The van der Waals surface area contributed by atoms with Crippen molar-refractivity contribution in [2.75, 3.05) is 0 Å². The molecule has 2 aromatic carbocycles. The quantitative estimate of drug-likeness (QED) is 0.789. The molecule has 0 unspecified atom stereocenters. The van der Waals surface area contributed by atoms with Crippen LogP contribution < -0.4 is 4.74 Å². The molecule has 1 heterocycles. The van der Waals surface area contributed by atoms with Crippen LogP contribution in [0.25, 0.3) is 0 Å². The summed E-state index contributed by atoms with van der Waals surface area (Å²) in [4.78, 5) is 2.65. The summed E-state index contributed by atoms with van der Waals surface area (Å²) in [7, 11) is 0. The molecule has 2 nitrogen and oxygen atoms in total. The van der Waals surface area contributed by atoms with Crippen molar-refractivity contribution in [3.8, 4) is 10.7 Å². The Morgan fingerprint density at radius 1 is 1.20 bits per heavy atom. The van der Waals surface area contributed by atoms with Crippen molar-refractivity contribution >= 4 is 15.0 Å². The van der Waals surface area contributed by atoms with Crippen LogP contribution >= 0.6 is 0 Å². The van der Waals surface area contributed by atoms with Crippen LogP contribution in [0.2, 0.25) is 4.82 Å². The van der Waals surface area contributed by atoms with Crippen molar-refractivity contribution in [2.24, 2.45) is 0 Å². The zero-order chi connectivity index (χ0) is 13.9. The number of nitriles is 1. The predicted molar refractivity (Wildman–Crippen MR) is 79.8 cm³/mol. The van der Waals surface area contributed by atoms with Crippen LogP contribution in [-0.2, 0) is 6.42 Å². The van der Waals surface area contributed by atoms with Gasteiger partial charge in [0.25, 0.3) is 0 Å². The van der Waals surface area contributed by atoms with Crippen molar-refractivity contribution < 1.29 is 4.74 Å². The summed E-state index contributed by atoms with van der Waals surface area (Å²) in [5.74, 6) is 0.967. The number of nitrogens with zero attached hydrogens (tertiary/aromatic N) is 1. The van der Waals surface area contributed by atoms with Gasteiger partial charge < -0.3 is 0 Å². The molecule has 0 radical (unpaired) electrons. The summed E-state index contributed by atoms with van der Waals surface area (Å²) in [6.45, 7) is 2.09. The second kappa shape index (κ2) is 5.71. The molecule has 0 aromatic heterocycles. The minimum atomic E-state index is -0.0675. The first-order valence-corrected chi connectivity index (χ1v) is 8.48. The molecule has 0 spiro atoms. The average molecular weight is 328 g/mol. The summed E-state index contributed by atoms with van der Waals surface area (Å²) < 4.78 is 6.20. The van der Waals surface area contributed by atoms with E-state index in [0.717, 1.165) is 12.2 Å². The standard InChI is InChI=1S/C17H15NOSe/c1-12-7-8-15-14(9-12)10-16(20-11-18)17(19-15)13-5-3-2-4-6-13/h2-9,16-17H,10H2,1H3/t16-,17+/m1/s1. The number of rotatable bonds is 2. The molecule has 0 saturated carbocycles. The topological polar surface area (TPSA) is 33.0 Å². The van der Waals surface area contributed by atoms with Crippen LogP contribution in [0.5, 0.6) is 5.75 Å². The fraction of sp³-hybridized carbons (Fsp3) is 0.235. The Morgan fingerprint density at radius 2 is 2.00 bits per heavy atom. The monoisotopic (exact) mass is 329 g/mol. The van der Waals surface area contributed by atoms with E-state index in [-0.39, 0.29) is 25.9 Å². The molecule has 0 N–H and O–H groups in total. The molecule has 0 aliphatic carbocycles. The van der Waals surface area contributed by atoms with E-state index in [1.54, 1.807) is 0 Å². The Labute approximate surface area is 125 Å². The van der Waals surface area contributed by atoms with E-state index >= 15 is 0 Å². The molecule has 20 heavy (non-hydrogen) atoms. The SMILES string of the molecule is Cc1ccc2c(c1)C[C@@H]([Se]C#N)[C@H](c1ccccc1)O2. The molecular weight excluding hydrogens is 313 g/mol. The molecule has 2 atom stereocenters. The maximum absolute atomic E-state index is 9.11. The van der Waals surface area contributed by atoms with Gasteiger partial charge in [-0.25, -0.2) is 0 Å². The molecule has 0 amide bonds. The van der Waals surface area contributed by atoms with E-state index in [1.807, 2.05) is 18.2 Å². The van der Waals surface area contributed by atoms with E-state index < -0.39 is 0 Å². The van der Waals surface area contributed by atoms with Gasteiger partial charge in [0, 0.05) is 0 Å². The van der Waals surface area contributed by atoms with E-state index in [2.05, 4.69) is 42.2 Å². The fourth-order valence-corrected chi connectivity index (χ4v) is 4.16. The van der Waals surface area contributed by atoms with Gasteiger partial charge >= 0.3 is 125 Å². The molecule has 2 aromatic rings. The van der Waals surface area contributed by atoms with Crippen molar-refractivity contribution in [1.82, 2.24) is 0 Å². The van der Waals surface area contributed by atoms with E-state index in [0.29, 0.717) is 0 Å². The van der Waals surface area contributed by atoms with Crippen LogP contribution in [0.1, 0.15) is 22.8 Å².